The Kier molecular flexibility index (Phi) is 8.19. The Bertz CT molecular complexity index is 723. The molecule has 1 atom stereocenters. The van der Waals surface area contributed by atoms with E-state index in [0.29, 0.717) is 31.0 Å². The molecule has 1 aromatic carbocycles. The zero-order valence-electron chi connectivity index (χ0n) is 16.0. The molecule has 0 radical (unpaired) electrons. The topological polar surface area (TPSA) is 97.0 Å². The molecule has 1 unspecified atom stereocenters. The first-order valence-electron chi connectivity index (χ1n) is 9.15. The van der Waals surface area contributed by atoms with Crippen LogP contribution in [0.2, 0.25) is 0 Å². The summed E-state index contributed by atoms with van der Waals surface area (Å²) in [5.74, 6) is -0.562. The van der Waals surface area contributed by atoms with Gasteiger partial charge in [-0.3, -0.25) is 19.7 Å². The van der Waals surface area contributed by atoms with Crippen molar-refractivity contribution in [3.8, 4) is 5.75 Å². The van der Waals surface area contributed by atoms with Gasteiger partial charge in [0.1, 0.15) is 11.8 Å². The van der Waals surface area contributed by atoms with E-state index >= 15 is 0 Å². The summed E-state index contributed by atoms with van der Waals surface area (Å²) < 4.78 is 10.2. The molecule has 1 heterocycles. The number of carbonyl (C=O) groups excluding carboxylic acids is 3. The number of hydrogen-bond acceptors (Lipinski definition) is 6. The lowest BCUT2D eigenvalue weighted by molar-refractivity contribution is -0.144. The molecule has 1 aromatic rings. The number of nitrogens with one attached hydrogen (secondary N) is 2. The minimum Gasteiger partial charge on any atom is -0.494 e. The lowest BCUT2D eigenvalue weighted by Gasteiger charge is -2.36. The Hall–Kier alpha value is -2.68. The highest BCUT2D eigenvalue weighted by Gasteiger charge is 2.34. The van der Waals surface area contributed by atoms with Crippen LogP contribution in [-0.2, 0) is 14.3 Å². The minimum absolute atomic E-state index is 0.0945. The maximum atomic E-state index is 12.5. The molecule has 1 fully saturated rings. The second kappa shape index (κ2) is 10.6. The third-order valence-corrected chi connectivity index (χ3v) is 4.62. The molecule has 152 valence electrons. The second-order valence-corrected chi connectivity index (χ2v) is 6.65. The van der Waals surface area contributed by atoms with Crippen molar-refractivity contribution in [1.29, 1.82) is 0 Å². The van der Waals surface area contributed by atoms with Crippen molar-refractivity contribution in [1.82, 2.24) is 15.5 Å². The van der Waals surface area contributed by atoms with E-state index in [2.05, 4.69) is 22.3 Å². The molecule has 0 aliphatic carbocycles. The van der Waals surface area contributed by atoms with Crippen molar-refractivity contribution in [2.45, 2.75) is 32.2 Å². The number of unbranched alkanes of at least 4 members (excludes halogenated alkanes) is 1. The van der Waals surface area contributed by atoms with Gasteiger partial charge in [0.15, 0.2) is 5.11 Å². The van der Waals surface area contributed by atoms with Crippen molar-refractivity contribution in [3.05, 3.63) is 29.8 Å². The van der Waals surface area contributed by atoms with Crippen molar-refractivity contribution in [2.75, 3.05) is 26.8 Å². The molecule has 0 bridgehead atoms. The van der Waals surface area contributed by atoms with Crippen LogP contribution in [0.3, 0.4) is 0 Å². The standard InChI is InChI=1S/C19H25N3O5S/c1-3-4-11-27-14-7-5-13(6-8-14)17(24)21-19(28)22-10-9-20-18(25)15(22)12-16(23)26-2/h5-8,15H,3-4,9-12H2,1-2H3,(H,20,25)(H,21,24,28). The number of ether oxygens (including phenoxy) is 2. The lowest BCUT2D eigenvalue weighted by atomic mass is 10.1. The van der Waals surface area contributed by atoms with Crippen LogP contribution in [0.5, 0.6) is 5.75 Å². The number of esters is 1. The fourth-order valence-corrected chi connectivity index (χ4v) is 2.99. The molecule has 0 spiro atoms. The van der Waals surface area contributed by atoms with E-state index in [0.717, 1.165) is 12.8 Å². The SMILES string of the molecule is CCCCOc1ccc(C(=O)NC(=S)N2CCNC(=O)C2CC(=O)OC)cc1. The molecular weight excluding hydrogens is 382 g/mol. The van der Waals surface area contributed by atoms with Gasteiger partial charge in [-0.2, -0.15) is 0 Å². The highest BCUT2D eigenvalue weighted by atomic mass is 32.1. The van der Waals surface area contributed by atoms with E-state index < -0.39 is 17.9 Å². The Morgan fingerprint density at radius 3 is 2.68 bits per heavy atom. The molecule has 2 rings (SSSR count). The molecule has 1 saturated heterocycles. The van der Waals surface area contributed by atoms with Crippen LogP contribution in [0, 0.1) is 0 Å². The maximum absolute atomic E-state index is 12.5. The number of hydrogen-bond donors (Lipinski definition) is 2. The summed E-state index contributed by atoms with van der Waals surface area (Å²) in [5.41, 5.74) is 0.413. The lowest BCUT2D eigenvalue weighted by Crippen LogP contribution is -2.60. The van der Waals surface area contributed by atoms with Gasteiger partial charge in [0.05, 0.1) is 20.1 Å². The van der Waals surface area contributed by atoms with Gasteiger partial charge in [-0.05, 0) is 42.9 Å². The Balaban J connectivity index is 1.98. The van der Waals surface area contributed by atoms with E-state index in [1.165, 1.54) is 12.0 Å². The second-order valence-electron chi connectivity index (χ2n) is 6.27. The number of thiocarbonyl (C=S) groups is 1. The van der Waals surface area contributed by atoms with Crippen LogP contribution >= 0.6 is 12.2 Å². The Morgan fingerprint density at radius 1 is 1.32 bits per heavy atom. The predicted octanol–water partition coefficient (Wildman–Crippen LogP) is 1.24. The number of piperazine rings is 1. The number of amides is 2. The average molecular weight is 407 g/mol. The predicted molar refractivity (Wildman–Crippen MR) is 107 cm³/mol. The number of nitrogens with zero attached hydrogens (tertiary/aromatic N) is 1. The van der Waals surface area contributed by atoms with Gasteiger partial charge in [-0.25, -0.2) is 0 Å². The summed E-state index contributed by atoms with van der Waals surface area (Å²) in [5, 5.41) is 5.40. The zero-order chi connectivity index (χ0) is 20.5. The van der Waals surface area contributed by atoms with Crippen LogP contribution < -0.4 is 15.4 Å². The maximum Gasteiger partial charge on any atom is 0.308 e. The van der Waals surface area contributed by atoms with Crippen molar-refractivity contribution in [2.24, 2.45) is 0 Å². The summed E-state index contributed by atoms with van der Waals surface area (Å²) in [7, 11) is 1.25. The normalized spacial score (nSPS) is 16.1. The van der Waals surface area contributed by atoms with Crippen LogP contribution in [0.1, 0.15) is 36.5 Å². The summed E-state index contributed by atoms with van der Waals surface area (Å²) >= 11 is 5.30. The number of benzene rings is 1. The van der Waals surface area contributed by atoms with E-state index in [1.54, 1.807) is 24.3 Å². The monoisotopic (exact) mass is 407 g/mol. The average Bonchev–Trinajstić information content (AvgIpc) is 2.69. The number of rotatable bonds is 7. The molecule has 0 aromatic heterocycles. The van der Waals surface area contributed by atoms with Crippen LogP contribution in [0.4, 0.5) is 0 Å². The largest absolute Gasteiger partial charge is 0.494 e. The molecular formula is C19H25N3O5S. The van der Waals surface area contributed by atoms with Gasteiger partial charge in [0, 0.05) is 18.7 Å². The van der Waals surface area contributed by atoms with Gasteiger partial charge in [0.25, 0.3) is 5.91 Å². The van der Waals surface area contributed by atoms with Crippen molar-refractivity contribution in [3.63, 3.8) is 0 Å². The Labute approximate surface area is 169 Å². The Morgan fingerprint density at radius 2 is 2.04 bits per heavy atom. The first-order chi connectivity index (χ1) is 13.5. The summed E-state index contributed by atoms with van der Waals surface area (Å²) in [6.07, 6.45) is 1.86. The van der Waals surface area contributed by atoms with E-state index in [-0.39, 0.29) is 17.4 Å². The summed E-state index contributed by atoms with van der Waals surface area (Å²) in [6, 6.07) is 5.93. The fourth-order valence-electron chi connectivity index (χ4n) is 2.68. The number of carbonyl (C=O) groups is 3. The van der Waals surface area contributed by atoms with Gasteiger partial charge < -0.3 is 19.7 Å². The molecule has 1 aliphatic rings. The van der Waals surface area contributed by atoms with E-state index in [1.807, 2.05) is 0 Å². The highest BCUT2D eigenvalue weighted by Crippen LogP contribution is 2.14. The molecule has 1 aliphatic heterocycles. The third kappa shape index (κ3) is 5.91. The molecule has 8 nitrogen and oxygen atoms in total. The van der Waals surface area contributed by atoms with Crippen LogP contribution in [-0.4, -0.2) is 60.6 Å². The van der Waals surface area contributed by atoms with Gasteiger partial charge in [0.2, 0.25) is 5.91 Å². The zero-order valence-corrected chi connectivity index (χ0v) is 16.8. The molecule has 2 amide bonds. The third-order valence-electron chi connectivity index (χ3n) is 4.28. The van der Waals surface area contributed by atoms with Crippen LogP contribution in [0.25, 0.3) is 0 Å². The van der Waals surface area contributed by atoms with Crippen molar-refractivity contribution >= 4 is 35.1 Å². The van der Waals surface area contributed by atoms with Gasteiger partial charge >= 0.3 is 5.97 Å². The quantitative estimate of drug-likeness (QED) is 0.399. The minimum atomic E-state index is -0.816. The molecule has 28 heavy (non-hydrogen) atoms. The van der Waals surface area contributed by atoms with Gasteiger partial charge in [-0.1, -0.05) is 13.3 Å². The smallest absolute Gasteiger partial charge is 0.308 e. The first-order valence-corrected chi connectivity index (χ1v) is 9.56. The van der Waals surface area contributed by atoms with Crippen molar-refractivity contribution < 1.29 is 23.9 Å². The summed E-state index contributed by atoms with van der Waals surface area (Å²) in [4.78, 5) is 37.7. The molecule has 9 heteroatoms. The van der Waals surface area contributed by atoms with E-state index in [4.69, 9.17) is 17.0 Å². The van der Waals surface area contributed by atoms with E-state index in [9.17, 15) is 14.4 Å². The molecule has 0 saturated carbocycles. The highest BCUT2D eigenvalue weighted by molar-refractivity contribution is 7.80. The van der Waals surface area contributed by atoms with Crippen LogP contribution in [0.15, 0.2) is 24.3 Å². The number of methoxy groups -OCH3 is 1. The summed E-state index contributed by atoms with van der Waals surface area (Å²) in [6.45, 7) is 3.47. The fraction of sp³-hybridized carbons (Fsp3) is 0.474. The first kappa shape index (κ1) is 21.6. The molecule has 2 N–H and O–H groups in total. The van der Waals surface area contributed by atoms with Gasteiger partial charge in [-0.15, -0.1) is 0 Å².